The Hall–Kier alpha value is -1.56. The van der Waals surface area contributed by atoms with Crippen LogP contribution in [0.15, 0.2) is 47.5 Å². The largest absolute Gasteiger partial charge is 0.490 e. The topological polar surface area (TPSA) is 30.8 Å². The second-order valence-electron chi connectivity index (χ2n) is 4.29. The van der Waals surface area contributed by atoms with Gasteiger partial charge in [-0.1, -0.05) is 18.2 Å². The summed E-state index contributed by atoms with van der Waals surface area (Å²) in [4.78, 5) is 4.47. The number of ether oxygens (including phenoxy) is 2. The second-order valence-corrected chi connectivity index (χ2v) is 5.45. The molecule has 3 nitrogen and oxygen atoms in total. The third-order valence-corrected chi connectivity index (χ3v) is 3.54. The molecule has 0 aliphatic carbocycles. The van der Waals surface area contributed by atoms with Gasteiger partial charge in [0.05, 0.1) is 22.5 Å². The standard InChI is InChI=1S/C17H18INO2/c1-3-20-16-11-13(10-15(18)17(16)21-4-2)12-19-14-8-6-5-7-9-14/h5-12H,3-4H2,1-2H3. The summed E-state index contributed by atoms with van der Waals surface area (Å²) in [6.45, 7) is 5.16. The zero-order chi connectivity index (χ0) is 15.1. The monoisotopic (exact) mass is 395 g/mol. The van der Waals surface area contributed by atoms with E-state index in [-0.39, 0.29) is 0 Å². The Bertz CT molecular complexity index is 612. The van der Waals surface area contributed by atoms with Crippen LogP contribution < -0.4 is 9.47 Å². The van der Waals surface area contributed by atoms with Crippen molar-refractivity contribution in [3.8, 4) is 11.5 Å². The SMILES string of the molecule is CCOc1cc(C=Nc2ccccc2)cc(I)c1OCC. The van der Waals surface area contributed by atoms with Crippen molar-refractivity contribution in [3.05, 3.63) is 51.6 Å². The molecule has 0 amide bonds. The highest BCUT2D eigenvalue weighted by molar-refractivity contribution is 14.1. The number of aliphatic imine (C=N–C) groups is 1. The summed E-state index contributed by atoms with van der Waals surface area (Å²) < 4.78 is 12.4. The van der Waals surface area contributed by atoms with Crippen molar-refractivity contribution in [2.75, 3.05) is 13.2 Å². The highest BCUT2D eigenvalue weighted by Gasteiger charge is 2.10. The van der Waals surface area contributed by atoms with Gasteiger partial charge in [0.2, 0.25) is 0 Å². The van der Waals surface area contributed by atoms with Gasteiger partial charge in [-0.25, -0.2) is 0 Å². The summed E-state index contributed by atoms with van der Waals surface area (Å²) >= 11 is 2.26. The Labute approximate surface area is 139 Å². The maximum atomic E-state index is 5.67. The van der Waals surface area contributed by atoms with Crippen LogP contribution in [0.4, 0.5) is 5.69 Å². The van der Waals surface area contributed by atoms with Gasteiger partial charge in [-0.05, 0) is 66.3 Å². The molecule has 0 saturated heterocycles. The van der Waals surface area contributed by atoms with E-state index < -0.39 is 0 Å². The zero-order valence-electron chi connectivity index (χ0n) is 12.2. The van der Waals surface area contributed by atoms with Gasteiger partial charge in [0, 0.05) is 6.21 Å². The number of para-hydroxylation sites is 1. The molecule has 21 heavy (non-hydrogen) atoms. The van der Waals surface area contributed by atoms with Crippen molar-refractivity contribution >= 4 is 34.5 Å². The van der Waals surface area contributed by atoms with E-state index in [1.165, 1.54) is 0 Å². The van der Waals surface area contributed by atoms with Gasteiger partial charge >= 0.3 is 0 Å². The second kappa shape index (κ2) is 8.02. The van der Waals surface area contributed by atoms with Crippen molar-refractivity contribution in [2.45, 2.75) is 13.8 Å². The molecule has 0 radical (unpaired) electrons. The molecule has 0 heterocycles. The van der Waals surface area contributed by atoms with Crippen LogP contribution in [0.5, 0.6) is 11.5 Å². The summed E-state index contributed by atoms with van der Waals surface area (Å²) in [7, 11) is 0. The molecule has 2 aromatic rings. The predicted octanol–water partition coefficient (Wildman–Crippen LogP) is 4.84. The molecule has 0 bridgehead atoms. The van der Waals surface area contributed by atoms with E-state index in [1.54, 1.807) is 0 Å². The highest BCUT2D eigenvalue weighted by atomic mass is 127. The van der Waals surface area contributed by atoms with E-state index in [0.29, 0.717) is 13.2 Å². The fourth-order valence-electron chi connectivity index (χ4n) is 1.87. The lowest BCUT2D eigenvalue weighted by Crippen LogP contribution is -2.01. The number of benzene rings is 2. The summed E-state index contributed by atoms with van der Waals surface area (Å²) in [5.41, 5.74) is 1.93. The van der Waals surface area contributed by atoms with Gasteiger partial charge in [0.15, 0.2) is 11.5 Å². The molecule has 110 valence electrons. The molecule has 0 aliphatic heterocycles. The molecule has 0 unspecified atom stereocenters. The molecule has 0 saturated carbocycles. The Morgan fingerprint density at radius 3 is 2.43 bits per heavy atom. The van der Waals surface area contributed by atoms with Gasteiger partial charge < -0.3 is 9.47 Å². The van der Waals surface area contributed by atoms with Crippen LogP contribution in [-0.4, -0.2) is 19.4 Å². The van der Waals surface area contributed by atoms with Crippen LogP contribution in [-0.2, 0) is 0 Å². The van der Waals surface area contributed by atoms with Crippen molar-refractivity contribution < 1.29 is 9.47 Å². The molecule has 0 aromatic heterocycles. The minimum Gasteiger partial charge on any atom is -0.490 e. The van der Waals surface area contributed by atoms with Crippen LogP contribution in [0, 0.1) is 3.57 Å². The van der Waals surface area contributed by atoms with Crippen LogP contribution in [0.25, 0.3) is 0 Å². The fraction of sp³-hybridized carbons (Fsp3) is 0.235. The molecule has 4 heteroatoms. The first-order valence-corrected chi connectivity index (χ1v) is 8.00. The van der Waals surface area contributed by atoms with Crippen LogP contribution in [0.1, 0.15) is 19.4 Å². The van der Waals surface area contributed by atoms with E-state index in [9.17, 15) is 0 Å². The number of hydrogen-bond donors (Lipinski definition) is 0. The Morgan fingerprint density at radius 1 is 1.05 bits per heavy atom. The van der Waals surface area contributed by atoms with E-state index in [4.69, 9.17) is 9.47 Å². The van der Waals surface area contributed by atoms with Gasteiger partial charge in [0.1, 0.15) is 0 Å². The van der Waals surface area contributed by atoms with Gasteiger partial charge in [-0.15, -0.1) is 0 Å². The molecule has 2 aromatic carbocycles. The van der Waals surface area contributed by atoms with E-state index in [1.807, 2.05) is 62.5 Å². The Balaban J connectivity index is 2.30. The van der Waals surface area contributed by atoms with Crippen LogP contribution in [0.2, 0.25) is 0 Å². The number of hydrogen-bond acceptors (Lipinski definition) is 3. The van der Waals surface area contributed by atoms with Crippen molar-refractivity contribution in [3.63, 3.8) is 0 Å². The summed E-state index contributed by atoms with van der Waals surface area (Å²) in [5, 5.41) is 0. The average Bonchev–Trinajstić information content (AvgIpc) is 2.50. The summed E-state index contributed by atoms with van der Waals surface area (Å²) in [6, 6.07) is 13.9. The van der Waals surface area contributed by atoms with Gasteiger partial charge in [-0.2, -0.15) is 0 Å². The first-order valence-electron chi connectivity index (χ1n) is 6.92. The Morgan fingerprint density at radius 2 is 1.76 bits per heavy atom. The van der Waals surface area contributed by atoms with E-state index >= 15 is 0 Å². The van der Waals surface area contributed by atoms with E-state index in [2.05, 4.69) is 27.6 Å². The fourth-order valence-corrected chi connectivity index (χ4v) is 2.65. The molecule has 0 spiro atoms. The number of nitrogens with zero attached hydrogens (tertiary/aromatic N) is 1. The van der Waals surface area contributed by atoms with Crippen LogP contribution >= 0.6 is 22.6 Å². The van der Waals surface area contributed by atoms with Gasteiger partial charge in [0.25, 0.3) is 0 Å². The maximum absolute atomic E-state index is 5.67. The summed E-state index contributed by atoms with van der Waals surface area (Å²) in [5.74, 6) is 1.57. The molecule has 0 fully saturated rings. The lowest BCUT2D eigenvalue weighted by Gasteiger charge is -2.13. The Kier molecular flexibility index (Phi) is 6.04. The molecule has 0 aliphatic rings. The lowest BCUT2D eigenvalue weighted by atomic mass is 10.2. The smallest absolute Gasteiger partial charge is 0.174 e. The van der Waals surface area contributed by atoms with Crippen LogP contribution in [0.3, 0.4) is 0 Å². The molecule has 0 N–H and O–H groups in total. The average molecular weight is 395 g/mol. The predicted molar refractivity (Wildman–Crippen MR) is 95.2 cm³/mol. The van der Waals surface area contributed by atoms with Crippen molar-refractivity contribution in [2.24, 2.45) is 4.99 Å². The normalized spacial score (nSPS) is 10.8. The number of halogens is 1. The van der Waals surface area contributed by atoms with E-state index in [0.717, 1.165) is 26.3 Å². The third-order valence-electron chi connectivity index (χ3n) is 2.74. The zero-order valence-corrected chi connectivity index (χ0v) is 14.3. The molecular weight excluding hydrogens is 377 g/mol. The minimum absolute atomic E-state index is 0.607. The first-order chi connectivity index (χ1) is 10.2. The van der Waals surface area contributed by atoms with Crippen molar-refractivity contribution in [1.82, 2.24) is 0 Å². The van der Waals surface area contributed by atoms with Gasteiger partial charge in [-0.3, -0.25) is 4.99 Å². The maximum Gasteiger partial charge on any atom is 0.174 e. The third kappa shape index (κ3) is 4.46. The quantitative estimate of drug-likeness (QED) is 0.518. The minimum atomic E-state index is 0.607. The lowest BCUT2D eigenvalue weighted by molar-refractivity contribution is 0.286. The highest BCUT2D eigenvalue weighted by Crippen LogP contribution is 2.34. The molecule has 0 atom stereocenters. The summed E-state index contributed by atoms with van der Waals surface area (Å²) in [6.07, 6.45) is 1.84. The first kappa shape index (κ1) is 15.8. The number of rotatable bonds is 6. The molecule has 2 rings (SSSR count). The van der Waals surface area contributed by atoms with Crippen molar-refractivity contribution in [1.29, 1.82) is 0 Å². The molecular formula is C17H18INO2.